The highest BCUT2D eigenvalue weighted by atomic mass is 79.9. The van der Waals surface area contributed by atoms with Crippen LogP contribution in [0.1, 0.15) is 11.1 Å². The standard InChI is InChI=1S/C16H16BrNOS/c1-12-2-4-13(5-3-12)10-18-16(19)11-20-15-8-6-14(17)7-9-15/h2-9H,10-11H2,1H3,(H,18,19). The molecule has 2 aromatic carbocycles. The molecule has 0 saturated carbocycles. The fourth-order valence-corrected chi connectivity index (χ4v) is 2.63. The van der Waals surface area contributed by atoms with Gasteiger partial charge in [-0.2, -0.15) is 0 Å². The molecule has 2 rings (SSSR count). The lowest BCUT2D eigenvalue weighted by Gasteiger charge is -2.06. The molecule has 2 nitrogen and oxygen atoms in total. The Morgan fingerprint density at radius 1 is 1.10 bits per heavy atom. The number of benzene rings is 2. The van der Waals surface area contributed by atoms with Gasteiger partial charge < -0.3 is 5.32 Å². The minimum atomic E-state index is 0.0542. The highest BCUT2D eigenvalue weighted by Crippen LogP contribution is 2.20. The van der Waals surface area contributed by atoms with Gasteiger partial charge in [-0.1, -0.05) is 45.8 Å². The van der Waals surface area contributed by atoms with E-state index in [1.165, 1.54) is 5.56 Å². The van der Waals surface area contributed by atoms with E-state index in [1.54, 1.807) is 11.8 Å². The van der Waals surface area contributed by atoms with Crippen molar-refractivity contribution in [3.8, 4) is 0 Å². The fraction of sp³-hybridized carbons (Fsp3) is 0.188. The number of rotatable bonds is 5. The summed E-state index contributed by atoms with van der Waals surface area (Å²) >= 11 is 4.93. The van der Waals surface area contributed by atoms with Crippen LogP contribution in [0.15, 0.2) is 57.9 Å². The zero-order chi connectivity index (χ0) is 14.4. The number of halogens is 1. The number of hydrogen-bond acceptors (Lipinski definition) is 2. The topological polar surface area (TPSA) is 29.1 Å². The van der Waals surface area contributed by atoms with Crippen molar-refractivity contribution in [1.29, 1.82) is 0 Å². The Labute approximate surface area is 132 Å². The molecule has 0 aliphatic carbocycles. The van der Waals surface area contributed by atoms with Crippen molar-refractivity contribution in [1.82, 2.24) is 5.32 Å². The Balaban J connectivity index is 1.75. The zero-order valence-electron chi connectivity index (χ0n) is 11.2. The molecule has 1 amide bonds. The van der Waals surface area contributed by atoms with Crippen molar-refractivity contribution in [2.45, 2.75) is 18.4 Å². The predicted octanol–water partition coefficient (Wildman–Crippen LogP) is 4.17. The summed E-state index contributed by atoms with van der Waals surface area (Å²) in [4.78, 5) is 12.9. The van der Waals surface area contributed by atoms with Crippen LogP contribution in [0.3, 0.4) is 0 Å². The zero-order valence-corrected chi connectivity index (χ0v) is 13.6. The van der Waals surface area contributed by atoms with E-state index < -0.39 is 0 Å². The van der Waals surface area contributed by atoms with Crippen LogP contribution in [0, 0.1) is 6.92 Å². The summed E-state index contributed by atoms with van der Waals surface area (Å²) in [6, 6.07) is 16.1. The molecule has 0 fully saturated rings. The number of carbonyl (C=O) groups is 1. The highest BCUT2D eigenvalue weighted by molar-refractivity contribution is 9.10. The largest absolute Gasteiger partial charge is 0.351 e. The van der Waals surface area contributed by atoms with Gasteiger partial charge in [0.25, 0.3) is 0 Å². The van der Waals surface area contributed by atoms with Crippen molar-refractivity contribution >= 4 is 33.6 Å². The van der Waals surface area contributed by atoms with E-state index >= 15 is 0 Å². The van der Waals surface area contributed by atoms with Gasteiger partial charge in [-0.15, -0.1) is 11.8 Å². The van der Waals surface area contributed by atoms with Gasteiger partial charge in [-0.05, 0) is 36.8 Å². The van der Waals surface area contributed by atoms with Gasteiger partial charge in [0, 0.05) is 15.9 Å². The normalized spacial score (nSPS) is 10.3. The molecule has 2 aromatic rings. The first-order valence-corrected chi connectivity index (χ1v) is 8.12. The van der Waals surface area contributed by atoms with Gasteiger partial charge in [-0.3, -0.25) is 4.79 Å². The summed E-state index contributed by atoms with van der Waals surface area (Å²) in [6.45, 7) is 2.64. The molecule has 0 atom stereocenters. The van der Waals surface area contributed by atoms with E-state index in [0.717, 1.165) is 14.9 Å². The lowest BCUT2D eigenvalue weighted by Crippen LogP contribution is -2.24. The van der Waals surface area contributed by atoms with Crippen LogP contribution in [-0.2, 0) is 11.3 Å². The van der Waals surface area contributed by atoms with Crippen LogP contribution in [0.2, 0.25) is 0 Å². The molecule has 20 heavy (non-hydrogen) atoms. The van der Waals surface area contributed by atoms with Crippen LogP contribution in [-0.4, -0.2) is 11.7 Å². The maximum Gasteiger partial charge on any atom is 0.230 e. The minimum absolute atomic E-state index is 0.0542. The van der Waals surface area contributed by atoms with E-state index in [0.29, 0.717) is 12.3 Å². The summed E-state index contributed by atoms with van der Waals surface area (Å²) in [5, 5.41) is 2.93. The molecule has 4 heteroatoms. The van der Waals surface area contributed by atoms with Gasteiger partial charge in [0.1, 0.15) is 0 Å². The van der Waals surface area contributed by atoms with Gasteiger partial charge in [0.2, 0.25) is 5.91 Å². The number of amides is 1. The van der Waals surface area contributed by atoms with Gasteiger partial charge >= 0.3 is 0 Å². The van der Waals surface area contributed by atoms with Crippen LogP contribution >= 0.6 is 27.7 Å². The van der Waals surface area contributed by atoms with E-state index in [4.69, 9.17) is 0 Å². The lowest BCUT2D eigenvalue weighted by molar-refractivity contribution is -0.118. The number of nitrogens with one attached hydrogen (secondary N) is 1. The second kappa shape index (κ2) is 7.50. The first-order chi connectivity index (χ1) is 9.63. The fourth-order valence-electron chi connectivity index (χ4n) is 1.64. The van der Waals surface area contributed by atoms with Crippen LogP contribution in [0.5, 0.6) is 0 Å². The number of aryl methyl sites for hydroxylation is 1. The third-order valence-electron chi connectivity index (χ3n) is 2.79. The molecule has 0 aromatic heterocycles. The van der Waals surface area contributed by atoms with Crippen molar-refractivity contribution in [2.24, 2.45) is 0 Å². The Kier molecular flexibility index (Phi) is 5.68. The molecule has 0 aliphatic rings. The first kappa shape index (κ1) is 15.1. The van der Waals surface area contributed by atoms with E-state index in [1.807, 2.05) is 36.4 Å². The number of thioether (sulfide) groups is 1. The van der Waals surface area contributed by atoms with E-state index in [2.05, 4.69) is 40.3 Å². The summed E-state index contributed by atoms with van der Waals surface area (Å²) in [5.41, 5.74) is 2.35. The summed E-state index contributed by atoms with van der Waals surface area (Å²) < 4.78 is 1.05. The summed E-state index contributed by atoms with van der Waals surface area (Å²) in [5.74, 6) is 0.492. The number of hydrogen-bond donors (Lipinski definition) is 1. The first-order valence-electron chi connectivity index (χ1n) is 6.34. The molecule has 0 bridgehead atoms. The van der Waals surface area contributed by atoms with Gasteiger partial charge in [-0.25, -0.2) is 0 Å². The maximum absolute atomic E-state index is 11.8. The van der Waals surface area contributed by atoms with Crippen molar-refractivity contribution < 1.29 is 4.79 Å². The molecular formula is C16H16BrNOS. The molecule has 0 radical (unpaired) electrons. The number of carbonyl (C=O) groups excluding carboxylic acids is 1. The molecule has 0 spiro atoms. The maximum atomic E-state index is 11.8. The molecule has 1 N–H and O–H groups in total. The van der Waals surface area contributed by atoms with E-state index in [9.17, 15) is 4.79 Å². The van der Waals surface area contributed by atoms with Crippen LogP contribution in [0.4, 0.5) is 0 Å². The predicted molar refractivity (Wildman–Crippen MR) is 87.9 cm³/mol. The SMILES string of the molecule is Cc1ccc(CNC(=O)CSc2ccc(Br)cc2)cc1. The Hall–Kier alpha value is -1.26. The van der Waals surface area contributed by atoms with Crippen molar-refractivity contribution in [3.63, 3.8) is 0 Å². The average molecular weight is 350 g/mol. The van der Waals surface area contributed by atoms with Crippen molar-refractivity contribution in [3.05, 3.63) is 64.1 Å². The Morgan fingerprint density at radius 2 is 1.75 bits per heavy atom. The van der Waals surface area contributed by atoms with E-state index in [-0.39, 0.29) is 5.91 Å². The average Bonchev–Trinajstić information content (AvgIpc) is 2.46. The van der Waals surface area contributed by atoms with Gasteiger partial charge in [0.05, 0.1) is 5.75 Å². The van der Waals surface area contributed by atoms with Crippen LogP contribution < -0.4 is 5.32 Å². The van der Waals surface area contributed by atoms with Crippen LogP contribution in [0.25, 0.3) is 0 Å². The van der Waals surface area contributed by atoms with Crippen molar-refractivity contribution in [2.75, 3.05) is 5.75 Å². The van der Waals surface area contributed by atoms with Gasteiger partial charge in [0.15, 0.2) is 0 Å². The third-order valence-corrected chi connectivity index (χ3v) is 4.33. The molecule has 0 heterocycles. The summed E-state index contributed by atoms with van der Waals surface area (Å²) in [7, 11) is 0. The second-order valence-corrected chi connectivity index (χ2v) is 6.47. The quantitative estimate of drug-likeness (QED) is 0.821. The molecule has 104 valence electrons. The molecule has 0 aliphatic heterocycles. The lowest BCUT2D eigenvalue weighted by atomic mass is 10.1. The Morgan fingerprint density at radius 3 is 2.40 bits per heavy atom. The Bertz CT molecular complexity index is 515. The smallest absolute Gasteiger partial charge is 0.230 e. The molecular weight excluding hydrogens is 334 g/mol. The summed E-state index contributed by atoms with van der Waals surface area (Å²) in [6.07, 6.45) is 0. The second-order valence-electron chi connectivity index (χ2n) is 4.50. The highest BCUT2D eigenvalue weighted by Gasteiger charge is 2.03. The third kappa shape index (κ3) is 5.02. The molecule has 0 saturated heterocycles. The monoisotopic (exact) mass is 349 g/mol. The molecule has 0 unspecified atom stereocenters. The minimum Gasteiger partial charge on any atom is -0.351 e.